The van der Waals surface area contributed by atoms with Crippen molar-refractivity contribution in [3.63, 3.8) is 0 Å². The minimum Gasteiger partial charge on any atom is -0.310 e. The number of piperidine rings is 1. The summed E-state index contributed by atoms with van der Waals surface area (Å²) in [5, 5.41) is 3.69. The normalized spacial score (nSPS) is 18.5. The number of hydrogen-bond donors (Lipinski definition) is 1. The van der Waals surface area contributed by atoms with Gasteiger partial charge in [-0.25, -0.2) is 0 Å². The maximum atomic E-state index is 3.69. The monoisotopic (exact) mass is 232 g/mol. The van der Waals surface area contributed by atoms with E-state index in [1.807, 2.05) is 0 Å². The number of likely N-dealkylation sites (tertiary alicyclic amines) is 1. The molecule has 0 radical (unpaired) electrons. The molecule has 1 aromatic carbocycles. The molecule has 0 bridgehead atoms. The molecule has 0 atom stereocenters. The fourth-order valence-electron chi connectivity index (χ4n) is 2.51. The third kappa shape index (κ3) is 3.55. The van der Waals surface area contributed by atoms with E-state index < -0.39 is 0 Å². The average molecular weight is 232 g/mol. The number of benzene rings is 1. The van der Waals surface area contributed by atoms with Crippen molar-refractivity contribution < 1.29 is 0 Å². The van der Waals surface area contributed by atoms with Gasteiger partial charge in [0.2, 0.25) is 0 Å². The second-order valence-electron chi connectivity index (χ2n) is 5.39. The van der Waals surface area contributed by atoms with Gasteiger partial charge in [-0.05, 0) is 58.0 Å². The van der Waals surface area contributed by atoms with E-state index in [-0.39, 0.29) is 0 Å². The third-order valence-electron chi connectivity index (χ3n) is 3.80. The van der Waals surface area contributed by atoms with Crippen molar-refractivity contribution in [2.75, 3.05) is 20.1 Å². The molecule has 2 rings (SSSR count). The Hall–Kier alpha value is -0.860. The Kier molecular flexibility index (Phi) is 4.19. The molecule has 1 heterocycles. The zero-order valence-electron chi connectivity index (χ0n) is 11.3. The minimum absolute atomic E-state index is 0.701. The second kappa shape index (κ2) is 5.65. The van der Waals surface area contributed by atoms with Crippen LogP contribution >= 0.6 is 0 Å². The summed E-state index contributed by atoms with van der Waals surface area (Å²) in [5.74, 6) is 0. The van der Waals surface area contributed by atoms with E-state index in [4.69, 9.17) is 0 Å². The van der Waals surface area contributed by atoms with E-state index in [0.29, 0.717) is 6.04 Å². The lowest BCUT2D eigenvalue weighted by Gasteiger charge is -2.29. The van der Waals surface area contributed by atoms with E-state index in [1.54, 1.807) is 0 Å². The lowest BCUT2D eigenvalue weighted by molar-refractivity contribution is 0.234. The Balaban J connectivity index is 1.85. The van der Waals surface area contributed by atoms with Gasteiger partial charge in [0.1, 0.15) is 0 Å². The Morgan fingerprint density at radius 3 is 2.59 bits per heavy atom. The van der Waals surface area contributed by atoms with Crippen molar-refractivity contribution in [3.05, 3.63) is 34.9 Å². The van der Waals surface area contributed by atoms with Gasteiger partial charge in [0.25, 0.3) is 0 Å². The summed E-state index contributed by atoms with van der Waals surface area (Å²) in [6.07, 6.45) is 2.56. The lowest BCUT2D eigenvalue weighted by atomic mass is 10.0. The van der Waals surface area contributed by atoms with Crippen LogP contribution in [0.1, 0.15) is 29.5 Å². The molecule has 17 heavy (non-hydrogen) atoms. The molecule has 2 heteroatoms. The van der Waals surface area contributed by atoms with Crippen molar-refractivity contribution in [2.45, 2.75) is 39.3 Å². The van der Waals surface area contributed by atoms with Gasteiger partial charge >= 0.3 is 0 Å². The molecule has 0 aliphatic carbocycles. The Bertz CT molecular complexity index is 365. The van der Waals surface area contributed by atoms with E-state index in [0.717, 1.165) is 6.54 Å². The van der Waals surface area contributed by atoms with Gasteiger partial charge in [0, 0.05) is 12.6 Å². The summed E-state index contributed by atoms with van der Waals surface area (Å²) in [6.45, 7) is 7.83. The zero-order valence-corrected chi connectivity index (χ0v) is 11.3. The topological polar surface area (TPSA) is 15.3 Å². The van der Waals surface area contributed by atoms with Crippen molar-refractivity contribution in [1.29, 1.82) is 0 Å². The molecule has 1 aliphatic rings. The van der Waals surface area contributed by atoms with Crippen LogP contribution in [0, 0.1) is 13.8 Å². The van der Waals surface area contributed by atoms with Gasteiger partial charge < -0.3 is 10.2 Å². The fourth-order valence-corrected chi connectivity index (χ4v) is 2.51. The molecule has 1 N–H and O–H groups in total. The highest BCUT2D eigenvalue weighted by Gasteiger charge is 2.15. The SMILES string of the molecule is Cc1ccc(CNC2CCN(C)CC2)c(C)c1. The van der Waals surface area contributed by atoms with Gasteiger partial charge in [0.05, 0.1) is 0 Å². The maximum Gasteiger partial charge on any atom is 0.0210 e. The van der Waals surface area contributed by atoms with Gasteiger partial charge in [0.15, 0.2) is 0 Å². The number of nitrogens with one attached hydrogen (secondary N) is 1. The molecule has 1 aliphatic heterocycles. The first-order valence-corrected chi connectivity index (χ1v) is 6.63. The molecule has 0 aromatic heterocycles. The molecule has 0 saturated carbocycles. The Morgan fingerprint density at radius 2 is 1.94 bits per heavy atom. The lowest BCUT2D eigenvalue weighted by Crippen LogP contribution is -2.40. The Morgan fingerprint density at radius 1 is 1.24 bits per heavy atom. The molecule has 94 valence electrons. The largest absolute Gasteiger partial charge is 0.310 e. The van der Waals surface area contributed by atoms with Crippen LogP contribution in [-0.2, 0) is 6.54 Å². The highest BCUT2D eigenvalue weighted by Crippen LogP contribution is 2.13. The van der Waals surface area contributed by atoms with Crippen molar-refractivity contribution in [3.8, 4) is 0 Å². The molecule has 0 spiro atoms. The van der Waals surface area contributed by atoms with Gasteiger partial charge in [-0.2, -0.15) is 0 Å². The van der Waals surface area contributed by atoms with E-state index in [1.165, 1.54) is 42.6 Å². The van der Waals surface area contributed by atoms with E-state index in [9.17, 15) is 0 Å². The summed E-state index contributed by atoms with van der Waals surface area (Å²) in [7, 11) is 2.21. The van der Waals surface area contributed by atoms with Crippen molar-refractivity contribution in [2.24, 2.45) is 0 Å². The quantitative estimate of drug-likeness (QED) is 0.861. The zero-order chi connectivity index (χ0) is 12.3. The molecule has 0 amide bonds. The van der Waals surface area contributed by atoms with Gasteiger partial charge in [-0.3, -0.25) is 0 Å². The average Bonchev–Trinajstić information content (AvgIpc) is 2.30. The van der Waals surface area contributed by atoms with Crippen LogP contribution in [-0.4, -0.2) is 31.1 Å². The number of nitrogens with zero attached hydrogens (tertiary/aromatic N) is 1. The molecule has 1 aromatic rings. The van der Waals surface area contributed by atoms with Crippen LogP contribution in [0.15, 0.2) is 18.2 Å². The molecule has 1 fully saturated rings. The third-order valence-corrected chi connectivity index (χ3v) is 3.80. The first-order valence-electron chi connectivity index (χ1n) is 6.63. The highest BCUT2D eigenvalue weighted by molar-refractivity contribution is 5.30. The fraction of sp³-hybridized carbons (Fsp3) is 0.600. The van der Waals surface area contributed by atoms with Crippen LogP contribution in [0.3, 0.4) is 0 Å². The predicted molar refractivity (Wildman–Crippen MR) is 73.3 cm³/mol. The van der Waals surface area contributed by atoms with Gasteiger partial charge in [-0.15, -0.1) is 0 Å². The summed E-state index contributed by atoms with van der Waals surface area (Å²) in [4.78, 5) is 2.41. The van der Waals surface area contributed by atoms with Gasteiger partial charge in [-0.1, -0.05) is 23.8 Å². The van der Waals surface area contributed by atoms with Crippen LogP contribution < -0.4 is 5.32 Å². The van der Waals surface area contributed by atoms with E-state index >= 15 is 0 Å². The summed E-state index contributed by atoms with van der Waals surface area (Å²) in [6, 6.07) is 7.43. The predicted octanol–water partition coefficient (Wildman–Crippen LogP) is 2.49. The summed E-state index contributed by atoms with van der Waals surface area (Å²) >= 11 is 0. The number of hydrogen-bond acceptors (Lipinski definition) is 2. The molecule has 2 nitrogen and oxygen atoms in total. The molecular weight excluding hydrogens is 208 g/mol. The van der Waals surface area contributed by atoms with Crippen molar-refractivity contribution >= 4 is 0 Å². The Labute approximate surface area is 105 Å². The van der Waals surface area contributed by atoms with Crippen LogP contribution in [0.4, 0.5) is 0 Å². The highest BCUT2D eigenvalue weighted by atomic mass is 15.1. The number of rotatable bonds is 3. The molecular formula is C15H24N2. The maximum absolute atomic E-state index is 3.69. The van der Waals surface area contributed by atoms with E-state index in [2.05, 4.69) is 49.3 Å². The smallest absolute Gasteiger partial charge is 0.0210 e. The summed E-state index contributed by atoms with van der Waals surface area (Å²) < 4.78 is 0. The number of aryl methyl sites for hydroxylation is 2. The minimum atomic E-state index is 0.701. The van der Waals surface area contributed by atoms with Crippen LogP contribution in [0.5, 0.6) is 0 Å². The van der Waals surface area contributed by atoms with Crippen LogP contribution in [0.25, 0.3) is 0 Å². The first kappa shape index (κ1) is 12.6. The first-order chi connectivity index (χ1) is 8.15. The second-order valence-corrected chi connectivity index (χ2v) is 5.39. The molecule has 1 saturated heterocycles. The summed E-state index contributed by atoms with van der Waals surface area (Å²) in [5.41, 5.74) is 4.20. The molecule has 0 unspecified atom stereocenters. The van der Waals surface area contributed by atoms with Crippen molar-refractivity contribution in [1.82, 2.24) is 10.2 Å². The van der Waals surface area contributed by atoms with Crippen LogP contribution in [0.2, 0.25) is 0 Å². The standard InChI is InChI=1S/C15H24N2/c1-12-4-5-14(13(2)10-12)11-16-15-6-8-17(3)9-7-15/h4-5,10,15-16H,6-9,11H2,1-3H3.